The molecule has 0 saturated carbocycles. The normalized spacial score (nSPS) is 38.0. The molecule has 0 aliphatic carbocycles. The van der Waals surface area contributed by atoms with Crippen LogP contribution in [0.25, 0.3) is 0 Å². The summed E-state index contributed by atoms with van der Waals surface area (Å²) in [6.07, 6.45) is -8.97. The van der Waals surface area contributed by atoms with Crippen LogP contribution in [0.1, 0.15) is 25.7 Å². The lowest BCUT2D eigenvalue weighted by atomic mass is 9.58. The van der Waals surface area contributed by atoms with Gasteiger partial charge in [-0.05, 0) is 0 Å². The Labute approximate surface area is 155 Å². The van der Waals surface area contributed by atoms with Crippen molar-refractivity contribution in [3.63, 3.8) is 0 Å². The maximum atomic E-state index is 11.3. The molecule has 5 atom stereocenters. The molecule has 1 saturated heterocycles. The number of aliphatic hydroxyl groups excluding tert-OH is 1. The summed E-state index contributed by atoms with van der Waals surface area (Å²) in [5.41, 5.74) is -10.8. The van der Waals surface area contributed by atoms with Crippen molar-refractivity contribution in [2.24, 2.45) is 0 Å². The van der Waals surface area contributed by atoms with Crippen LogP contribution in [-0.2, 0) is 23.9 Å². The van der Waals surface area contributed by atoms with Gasteiger partial charge in [0, 0.05) is 0 Å². The second-order valence-corrected chi connectivity index (χ2v) is 6.50. The Kier molecular flexibility index (Phi) is 6.40. The third-order valence-electron chi connectivity index (χ3n) is 4.71. The number of hydrogen-bond donors (Lipinski definition) is 9. The van der Waals surface area contributed by atoms with E-state index in [2.05, 4.69) is 0 Å². The fourth-order valence-corrected chi connectivity index (χ4v) is 3.47. The molecule has 1 aliphatic rings. The molecule has 1 fully saturated rings. The maximum Gasteiger partial charge on any atom is 0.308 e. The average Bonchev–Trinajstić information content (AvgIpc) is 2.48. The van der Waals surface area contributed by atoms with Crippen molar-refractivity contribution < 1.29 is 69.9 Å². The number of carboxylic acid groups (broad SMARTS) is 4. The highest BCUT2D eigenvalue weighted by atomic mass is 16.7. The van der Waals surface area contributed by atoms with Crippen molar-refractivity contribution in [2.75, 3.05) is 6.61 Å². The highest BCUT2D eigenvalue weighted by Crippen LogP contribution is 2.54. The zero-order chi connectivity index (χ0) is 22.1. The van der Waals surface area contributed by atoms with Gasteiger partial charge < -0.3 is 50.7 Å². The first-order chi connectivity index (χ1) is 12.6. The van der Waals surface area contributed by atoms with Gasteiger partial charge in [-0.2, -0.15) is 0 Å². The van der Waals surface area contributed by atoms with Crippen LogP contribution in [0.15, 0.2) is 0 Å². The molecule has 14 heteroatoms. The zero-order valence-electron chi connectivity index (χ0n) is 14.2. The van der Waals surface area contributed by atoms with Gasteiger partial charge in [-0.3, -0.25) is 19.2 Å². The fraction of sp³-hybridized carbons (Fsp3) is 0.714. The van der Waals surface area contributed by atoms with Gasteiger partial charge in [0.05, 0.1) is 25.9 Å². The molecule has 0 spiro atoms. The highest BCUT2D eigenvalue weighted by molar-refractivity contribution is 5.75. The summed E-state index contributed by atoms with van der Waals surface area (Å²) < 4.78 is 4.79. The Balaban J connectivity index is 3.89. The average molecular weight is 412 g/mol. The molecule has 160 valence electrons. The molecule has 1 heterocycles. The number of carbonyl (C=O) groups is 4. The number of carboxylic acids is 4. The molecule has 0 bridgehead atoms. The topological polar surface area (TPSA) is 260 Å². The van der Waals surface area contributed by atoms with Crippen LogP contribution in [0.4, 0.5) is 0 Å². The Hall–Kier alpha value is -2.36. The molecule has 0 radical (unpaired) electrons. The molecule has 1 rings (SSSR count). The summed E-state index contributed by atoms with van der Waals surface area (Å²) in [7, 11) is 0. The van der Waals surface area contributed by atoms with Crippen molar-refractivity contribution in [3.8, 4) is 0 Å². The minimum atomic E-state index is -3.72. The van der Waals surface area contributed by atoms with Crippen LogP contribution in [0.3, 0.4) is 0 Å². The summed E-state index contributed by atoms with van der Waals surface area (Å²) in [4.78, 5) is 44.8. The van der Waals surface area contributed by atoms with Crippen molar-refractivity contribution in [1.29, 1.82) is 0 Å². The van der Waals surface area contributed by atoms with Crippen LogP contribution in [-0.4, -0.2) is 105 Å². The predicted molar refractivity (Wildman–Crippen MR) is 80.8 cm³/mol. The molecule has 0 aromatic rings. The van der Waals surface area contributed by atoms with E-state index < -0.39 is 84.9 Å². The zero-order valence-corrected chi connectivity index (χ0v) is 14.2. The SMILES string of the molecule is O=C(O)C[C@@]1(O)[C@](O)(CC(=O)O)[C@@](O)(CC(=O)O)[C@@H](CO)O[C@]1(O)CC(=O)O. The molecular weight excluding hydrogens is 392 g/mol. The lowest BCUT2D eigenvalue weighted by molar-refractivity contribution is -0.439. The fourth-order valence-electron chi connectivity index (χ4n) is 3.47. The standard InChI is InChI=1S/C14H20O14/c15-5-6-11(24,1-7(16)17)12(25,2-8(18)19)13(26,3-9(20)21)14(27,28-6)4-10(22)23/h6,15,24-27H,1-5H2,(H,16,17)(H,18,19)(H,20,21)(H,22,23)/t6-,11-,12+,13-,14-/m1/s1. The van der Waals surface area contributed by atoms with E-state index in [1.54, 1.807) is 0 Å². The first-order valence-corrected chi connectivity index (χ1v) is 7.64. The van der Waals surface area contributed by atoms with Gasteiger partial charge in [0.2, 0.25) is 5.79 Å². The van der Waals surface area contributed by atoms with E-state index >= 15 is 0 Å². The summed E-state index contributed by atoms with van der Waals surface area (Å²) in [6.45, 7) is -1.36. The molecule has 14 nitrogen and oxygen atoms in total. The summed E-state index contributed by atoms with van der Waals surface area (Å²) in [5.74, 6) is -11.3. The van der Waals surface area contributed by atoms with Gasteiger partial charge in [0.1, 0.15) is 23.7 Å². The minimum absolute atomic E-state index is 1.36. The third kappa shape index (κ3) is 3.65. The van der Waals surface area contributed by atoms with Gasteiger partial charge in [-0.25, -0.2) is 0 Å². The molecule has 28 heavy (non-hydrogen) atoms. The molecular formula is C14H20O14. The highest BCUT2D eigenvalue weighted by Gasteiger charge is 2.78. The predicted octanol–water partition coefficient (Wildman–Crippen LogP) is -3.84. The third-order valence-corrected chi connectivity index (χ3v) is 4.71. The Morgan fingerprint density at radius 1 is 0.679 bits per heavy atom. The lowest BCUT2D eigenvalue weighted by Gasteiger charge is -2.62. The molecule has 1 aliphatic heterocycles. The number of hydrogen-bond acceptors (Lipinski definition) is 10. The van der Waals surface area contributed by atoms with Crippen LogP contribution in [0.5, 0.6) is 0 Å². The van der Waals surface area contributed by atoms with Gasteiger partial charge in [-0.15, -0.1) is 0 Å². The van der Waals surface area contributed by atoms with Crippen molar-refractivity contribution >= 4 is 23.9 Å². The molecule has 0 aromatic carbocycles. The van der Waals surface area contributed by atoms with E-state index in [9.17, 15) is 44.7 Å². The lowest BCUT2D eigenvalue weighted by Crippen LogP contribution is -2.85. The van der Waals surface area contributed by atoms with Crippen LogP contribution >= 0.6 is 0 Å². The number of ether oxygens (including phenoxy) is 1. The Morgan fingerprint density at radius 2 is 1.07 bits per heavy atom. The number of aliphatic carboxylic acids is 4. The van der Waals surface area contributed by atoms with Crippen molar-refractivity contribution in [2.45, 2.75) is 54.4 Å². The van der Waals surface area contributed by atoms with E-state index in [4.69, 9.17) is 25.2 Å². The van der Waals surface area contributed by atoms with E-state index in [1.807, 2.05) is 0 Å². The summed E-state index contributed by atoms with van der Waals surface area (Å²) >= 11 is 0. The molecule has 0 unspecified atom stereocenters. The molecule has 9 N–H and O–H groups in total. The van der Waals surface area contributed by atoms with Gasteiger partial charge in [0.15, 0.2) is 5.60 Å². The Bertz CT molecular complexity index is 677. The second kappa shape index (κ2) is 7.57. The molecule has 0 amide bonds. The molecule has 0 aromatic heterocycles. The van der Waals surface area contributed by atoms with Gasteiger partial charge >= 0.3 is 23.9 Å². The van der Waals surface area contributed by atoms with E-state index in [1.165, 1.54) is 0 Å². The van der Waals surface area contributed by atoms with E-state index in [0.29, 0.717) is 0 Å². The van der Waals surface area contributed by atoms with Gasteiger partial charge in [-0.1, -0.05) is 0 Å². The minimum Gasteiger partial charge on any atom is -0.481 e. The van der Waals surface area contributed by atoms with Crippen LogP contribution < -0.4 is 0 Å². The summed E-state index contributed by atoms with van der Waals surface area (Å²) in [6, 6.07) is 0. The van der Waals surface area contributed by atoms with Crippen molar-refractivity contribution in [1.82, 2.24) is 0 Å². The number of aliphatic hydroxyl groups is 5. The largest absolute Gasteiger partial charge is 0.481 e. The quantitative estimate of drug-likeness (QED) is 0.176. The summed E-state index contributed by atoms with van der Waals surface area (Å²) in [5, 5.41) is 88.8. The maximum absolute atomic E-state index is 11.3. The van der Waals surface area contributed by atoms with Crippen molar-refractivity contribution in [3.05, 3.63) is 0 Å². The first kappa shape index (κ1) is 23.7. The monoisotopic (exact) mass is 412 g/mol. The van der Waals surface area contributed by atoms with Crippen LogP contribution in [0, 0.1) is 0 Å². The number of rotatable bonds is 9. The van der Waals surface area contributed by atoms with E-state index in [0.717, 1.165) is 0 Å². The van der Waals surface area contributed by atoms with E-state index in [-0.39, 0.29) is 0 Å². The second-order valence-electron chi connectivity index (χ2n) is 6.50. The smallest absolute Gasteiger partial charge is 0.308 e. The Morgan fingerprint density at radius 3 is 1.43 bits per heavy atom. The first-order valence-electron chi connectivity index (χ1n) is 7.64. The van der Waals surface area contributed by atoms with Crippen LogP contribution in [0.2, 0.25) is 0 Å². The van der Waals surface area contributed by atoms with Gasteiger partial charge in [0.25, 0.3) is 0 Å².